The summed E-state index contributed by atoms with van der Waals surface area (Å²) in [6, 6.07) is 8.15. The topological polar surface area (TPSA) is 88.9 Å². The van der Waals surface area contributed by atoms with Gasteiger partial charge in [-0.1, -0.05) is 6.07 Å². The fraction of sp³-hybridized carbons (Fsp3) is 0.182. The molecule has 2 N–H and O–H groups in total. The molecule has 0 saturated carbocycles. The number of aromatic nitrogens is 3. The number of rotatable bonds is 5. The fourth-order valence-electron chi connectivity index (χ4n) is 3.34. The largest absolute Gasteiger partial charge is 0.416 e. The minimum absolute atomic E-state index is 0.0549. The van der Waals surface area contributed by atoms with Gasteiger partial charge in [0.2, 0.25) is 5.91 Å². The lowest BCUT2D eigenvalue weighted by Crippen LogP contribution is -2.17. The Morgan fingerprint density at radius 1 is 1.12 bits per heavy atom. The van der Waals surface area contributed by atoms with Gasteiger partial charge < -0.3 is 10.6 Å². The number of thiophene rings is 1. The van der Waals surface area contributed by atoms with Crippen LogP contribution in [0.25, 0.3) is 11.0 Å². The summed E-state index contributed by atoms with van der Waals surface area (Å²) >= 11 is 1.56. The van der Waals surface area contributed by atoms with Crippen LogP contribution in [0.2, 0.25) is 0 Å². The maximum atomic E-state index is 13.2. The van der Waals surface area contributed by atoms with Crippen LogP contribution >= 0.6 is 11.3 Å². The molecule has 0 aliphatic heterocycles. The molecule has 4 rings (SSSR count). The quantitative estimate of drug-likeness (QED) is 0.423. The summed E-state index contributed by atoms with van der Waals surface area (Å²) in [7, 11) is 0. The Kier molecular flexibility index (Phi) is 5.90. The number of aryl methyl sites for hydroxylation is 1. The number of hydrogen-bond donors (Lipinski definition) is 2. The number of carbonyl (C=O) groups excluding carboxylic acids is 2. The Bertz CT molecular complexity index is 1350. The first-order valence-corrected chi connectivity index (χ1v) is 10.7. The molecule has 33 heavy (non-hydrogen) atoms. The number of alkyl halides is 3. The smallest absolute Gasteiger partial charge is 0.325 e. The van der Waals surface area contributed by atoms with Gasteiger partial charge in [0.15, 0.2) is 5.65 Å². The van der Waals surface area contributed by atoms with Crippen molar-refractivity contribution in [1.82, 2.24) is 14.8 Å². The van der Waals surface area contributed by atoms with E-state index in [1.54, 1.807) is 29.0 Å². The van der Waals surface area contributed by atoms with Crippen molar-refractivity contribution >= 4 is 45.6 Å². The Hall–Kier alpha value is -3.73. The highest BCUT2D eigenvalue weighted by molar-refractivity contribution is 7.09. The number of hydrogen-bond acceptors (Lipinski definition) is 5. The van der Waals surface area contributed by atoms with Crippen LogP contribution in [0.4, 0.5) is 24.5 Å². The predicted octanol–water partition coefficient (Wildman–Crippen LogP) is 5.08. The SMILES string of the molecule is CC(=O)Nc1ccc(C(F)(F)F)cc1NC(=O)c1cc(C)nc2c1cnn2Cc1cccs1. The summed E-state index contributed by atoms with van der Waals surface area (Å²) in [6.07, 6.45) is -3.11. The van der Waals surface area contributed by atoms with Crippen LogP contribution in [-0.2, 0) is 17.5 Å². The molecule has 0 aliphatic carbocycles. The highest BCUT2D eigenvalue weighted by Gasteiger charge is 2.31. The van der Waals surface area contributed by atoms with E-state index >= 15 is 0 Å². The first-order chi connectivity index (χ1) is 15.6. The zero-order chi connectivity index (χ0) is 23.8. The van der Waals surface area contributed by atoms with E-state index in [-0.39, 0.29) is 16.9 Å². The molecule has 2 amide bonds. The van der Waals surface area contributed by atoms with Gasteiger partial charge in [0.1, 0.15) is 0 Å². The summed E-state index contributed by atoms with van der Waals surface area (Å²) < 4.78 is 41.3. The number of nitrogens with one attached hydrogen (secondary N) is 2. The van der Waals surface area contributed by atoms with E-state index in [1.807, 2.05) is 17.5 Å². The Balaban J connectivity index is 1.72. The summed E-state index contributed by atoms with van der Waals surface area (Å²) in [4.78, 5) is 30.2. The van der Waals surface area contributed by atoms with Crippen molar-refractivity contribution in [2.75, 3.05) is 10.6 Å². The molecule has 4 aromatic rings. The van der Waals surface area contributed by atoms with Gasteiger partial charge in [-0.2, -0.15) is 18.3 Å². The monoisotopic (exact) mass is 473 g/mol. The number of halogens is 3. The number of amides is 2. The highest BCUT2D eigenvalue weighted by Crippen LogP contribution is 2.34. The second kappa shape index (κ2) is 8.66. The number of anilines is 2. The average Bonchev–Trinajstić information content (AvgIpc) is 3.38. The number of benzene rings is 1. The lowest BCUT2D eigenvalue weighted by molar-refractivity contribution is -0.137. The van der Waals surface area contributed by atoms with Crippen molar-refractivity contribution in [2.24, 2.45) is 0 Å². The van der Waals surface area contributed by atoms with Crippen molar-refractivity contribution in [3.63, 3.8) is 0 Å². The van der Waals surface area contributed by atoms with E-state index in [9.17, 15) is 22.8 Å². The molecule has 0 bridgehead atoms. The van der Waals surface area contributed by atoms with Gasteiger partial charge in [-0.3, -0.25) is 9.59 Å². The molecule has 0 aliphatic rings. The number of carbonyl (C=O) groups is 2. The van der Waals surface area contributed by atoms with E-state index in [4.69, 9.17) is 0 Å². The summed E-state index contributed by atoms with van der Waals surface area (Å²) in [5, 5.41) is 11.7. The van der Waals surface area contributed by atoms with E-state index in [0.717, 1.165) is 23.1 Å². The lowest BCUT2D eigenvalue weighted by Gasteiger charge is -2.15. The van der Waals surface area contributed by atoms with Crippen LogP contribution in [0.15, 0.2) is 48.0 Å². The summed E-state index contributed by atoms with van der Waals surface area (Å²) in [5.41, 5.74) is 0.178. The zero-order valence-electron chi connectivity index (χ0n) is 17.5. The van der Waals surface area contributed by atoms with Crippen molar-refractivity contribution in [2.45, 2.75) is 26.6 Å². The molecule has 3 aromatic heterocycles. The lowest BCUT2D eigenvalue weighted by atomic mass is 10.1. The molecule has 0 spiro atoms. The van der Waals surface area contributed by atoms with E-state index in [0.29, 0.717) is 23.3 Å². The van der Waals surface area contributed by atoms with Crippen molar-refractivity contribution in [3.05, 3.63) is 69.7 Å². The van der Waals surface area contributed by atoms with Crippen LogP contribution in [0.1, 0.15) is 33.4 Å². The molecule has 1 aromatic carbocycles. The number of pyridine rings is 1. The maximum absolute atomic E-state index is 13.2. The molecule has 0 fully saturated rings. The molecular weight excluding hydrogens is 455 g/mol. The minimum Gasteiger partial charge on any atom is -0.325 e. The Labute approximate surface area is 190 Å². The second-order valence-corrected chi connectivity index (χ2v) is 8.36. The van der Waals surface area contributed by atoms with Gasteiger partial charge in [0, 0.05) is 17.5 Å². The van der Waals surface area contributed by atoms with Gasteiger partial charge in [0.25, 0.3) is 5.91 Å². The molecule has 7 nitrogen and oxygen atoms in total. The van der Waals surface area contributed by atoms with Crippen LogP contribution in [0.3, 0.4) is 0 Å². The first-order valence-electron chi connectivity index (χ1n) is 9.77. The normalized spacial score (nSPS) is 11.5. The van der Waals surface area contributed by atoms with Crippen LogP contribution in [-0.4, -0.2) is 26.6 Å². The summed E-state index contributed by atoms with van der Waals surface area (Å²) in [6.45, 7) is 3.41. The van der Waals surface area contributed by atoms with Gasteiger partial charge >= 0.3 is 6.18 Å². The van der Waals surface area contributed by atoms with Gasteiger partial charge in [-0.25, -0.2) is 9.67 Å². The van der Waals surface area contributed by atoms with Crippen molar-refractivity contribution < 1.29 is 22.8 Å². The average molecular weight is 473 g/mol. The molecule has 0 radical (unpaired) electrons. The predicted molar refractivity (Wildman–Crippen MR) is 119 cm³/mol. The highest BCUT2D eigenvalue weighted by atomic mass is 32.1. The number of fused-ring (bicyclic) bond motifs is 1. The van der Waals surface area contributed by atoms with E-state index in [2.05, 4.69) is 20.7 Å². The minimum atomic E-state index is -4.61. The number of nitrogens with zero attached hydrogens (tertiary/aromatic N) is 3. The molecule has 3 heterocycles. The van der Waals surface area contributed by atoms with Gasteiger partial charge in [0.05, 0.1) is 40.6 Å². The van der Waals surface area contributed by atoms with Gasteiger partial charge in [-0.05, 0) is 42.6 Å². The molecule has 11 heteroatoms. The Morgan fingerprint density at radius 3 is 2.58 bits per heavy atom. The van der Waals surface area contributed by atoms with Crippen LogP contribution in [0, 0.1) is 6.92 Å². The van der Waals surface area contributed by atoms with Crippen molar-refractivity contribution in [1.29, 1.82) is 0 Å². The fourth-order valence-corrected chi connectivity index (χ4v) is 4.02. The van der Waals surface area contributed by atoms with E-state index in [1.165, 1.54) is 13.1 Å². The van der Waals surface area contributed by atoms with Gasteiger partial charge in [-0.15, -0.1) is 11.3 Å². The molecule has 0 saturated heterocycles. The standard InChI is InChI=1S/C22H18F3N5O2S/c1-12-8-16(17-10-26-30(20(17)27-12)11-15-4-3-7-33-15)21(32)29-19-9-14(22(23,24)25)5-6-18(19)28-13(2)31/h3-10H,11H2,1-2H3,(H,28,31)(H,29,32). The molecule has 0 atom stereocenters. The summed E-state index contributed by atoms with van der Waals surface area (Å²) in [5.74, 6) is -1.13. The molecule has 0 unspecified atom stereocenters. The zero-order valence-corrected chi connectivity index (χ0v) is 18.3. The second-order valence-electron chi connectivity index (χ2n) is 7.32. The Morgan fingerprint density at radius 2 is 1.91 bits per heavy atom. The molecule has 170 valence electrons. The maximum Gasteiger partial charge on any atom is 0.416 e. The third kappa shape index (κ3) is 4.87. The first kappa shape index (κ1) is 22.5. The van der Waals surface area contributed by atoms with Crippen LogP contribution in [0.5, 0.6) is 0 Å². The van der Waals surface area contributed by atoms with Crippen LogP contribution < -0.4 is 10.6 Å². The third-order valence-electron chi connectivity index (χ3n) is 4.77. The van der Waals surface area contributed by atoms with E-state index < -0.39 is 23.6 Å². The third-order valence-corrected chi connectivity index (χ3v) is 5.63. The van der Waals surface area contributed by atoms with Crippen molar-refractivity contribution in [3.8, 4) is 0 Å². The molecular formula is C22H18F3N5O2S.